The summed E-state index contributed by atoms with van der Waals surface area (Å²) in [5.74, 6) is 0.782. The first-order chi connectivity index (χ1) is 8.38. The number of nitrogens with one attached hydrogen (secondary N) is 1. The van der Waals surface area contributed by atoms with Crippen LogP contribution in [-0.4, -0.2) is 37.6 Å². The van der Waals surface area contributed by atoms with E-state index >= 15 is 0 Å². The van der Waals surface area contributed by atoms with Crippen LogP contribution in [0, 0.1) is 0 Å². The minimum absolute atomic E-state index is 0.0411. The maximum Gasteiger partial charge on any atom is 0.119 e. The molecule has 1 heterocycles. The number of anilines is 1. The van der Waals surface area contributed by atoms with Crippen molar-refractivity contribution in [3.05, 3.63) is 24.3 Å². The first-order valence-corrected chi connectivity index (χ1v) is 6.06. The number of ether oxygens (including phenoxy) is 2. The summed E-state index contributed by atoms with van der Waals surface area (Å²) in [7, 11) is 0. The van der Waals surface area contributed by atoms with Crippen LogP contribution in [0.1, 0.15) is 12.8 Å². The average Bonchev–Trinajstić information content (AvgIpc) is 2.39. The van der Waals surface area contributed by atoms with Gasteiger partial charge in [-0.05, 0) is 37.1 Å². The summed E-state index contributed by atoms with van der Waals surface area (Å²) in [4.78, 5) is 0. The Labute approximate surface area is 102 Å². The van der Waals surface area contributed by atoms with E-state index in [9.17, 15) is 0 Å². The first kappa shape index (κ1) is 12.2. The van der Waals surface area contributed by atoms with Crippen LogP contribution in [0.15, 0.2) is 24.3 Å². The molecule has 94 valence electrons. The van der Waals surface area contributed by atoms with Gasteiger partial charge in [-0.3, -0.25) is 0 Å². The third-order valence-corrected chi connectivity index (χ3v) is 2.75. The van der Waals surface area contributed by atoms with Crippen LogP contribution in [0.2, 0.25) is 0 Å². The summed E-state index contributed by atoms with van der Waals surface area (Å²) in [5, 5.41) is 12.1. The van der Waals surface area contributed by atoms with Crippen LogP contribution in [0.3, 0.4) is 0 Å². The van der Waals surface area contributed by atoms with Crippen molar-refractivity contribution in [1.29, 1.82) is 0 Å². The lowest BCUT2D eigenvalue weighted by atomic mass is 10.1. The van der Waals surface area contributed by atoms with Crippen LogP contribution in [0.25, 0.3) is 0 Å². The van der Waals surface area contributed by atoms with Crippen LogP contribution in [0.4, 0.5) is 5.69 Å². The minimum atomic E-state index is 0.0411. The second-order valence-electron chi connectivity index (χ2n) is 4.15. The number of rotatable bonds is 5. The van der Waals surface area contributed by atoms with E-state index in [1.807, 2.05) is 24.3 Å². The highest BCUT2D eigenvalue weighted by molar-refractivity contribution is 5.47. The first-order valence-electron chi connectivity index (χ1n) is 6.06. The fourth-order valence-electron chi connectivity index (χ4n) is 1.90. The molecule has 0 aliphatic carbocycles. The van der Waals surface area contributed by atoms with Gasteiger partial charge in [-0.2, -0.15) is 0 Å². The zero-order chi connectivity index (χ0) is 11.9. The Kier molecular flexibility index (Phi) is 4.64. The second-order valence-corrected chi connectivity index (χ2v) is 4.15. The number of hydrogen-bond acceptors (Lipinski definition) is 4. The molecule has 1 unspecified atom stereocenters. The van der Waals surface area contributed by atoms with Crippen molar-refractivity contribution in [1.82, 2.24) is 0 Å². The van der Waals surface area contributed by atoms with Gasteiger partial charge in [0, 0.05) is 18.3 Å². The predicted molar refractivity (Wildman–Crippen MR) is 66.5 cm³/mol. The molecule has 0 radical (unpaired) electrons. The average molecular weight is 237 g/mol. The highest BCUT2D eigenvalue weighted by Crippen LogP contribution is 2.18. The molecule has 2 rings (SSSR count). The van der Waals surface area contributed by atoms with E-state index in [-0.39, 0.29) is 6.61 Å². The molecule has 2 N–H and O–H groups in total. The van der Waals surface area contributed by atoms with Crippen LogP contribution < -0.4 is 10.1 Å². The summed E-state index contributed by atoms with van der Waals surface area (Å²) >= 11 is 0. The zero-order valence-electron chi connectivity index (χ0n) is 9.89. The van der Waals surface area contributed by atoms with Crippen molar-refractivity contribution in [2.45, 2.75) is 18.9 Å². The molecule has 1 atom stereocenters. The van der Waals surface area contributed by atoms with Crippen molar-refractivity contribution < 1.29 is 14.6 Å². The Morgan fingerprint density at radius 2 is 2.18 bits per heavy atom. The minimum Gasteiger partial charge on any atom is -0.491 e. The standard InChI is InChI=1S/C13H19NO3/c15-7-9-17-13-5-3-11(4-6-13)14-12-2-1-8-16-10-12/h3-6,12,14-15H,1-2,7-10H2. The van der Waals surface area contributed by atoms with Gasteiger partial charge in [0.25, 0.3) is 0 Å². The summed E-state index contributed by atoms with van der Waals surface area (Å²) in [6.45, 7) is 2.04. The smallest absolute Gasteiger partial charge is 0.119 e. The molecule has 4 nitrogen and oxygen atoms in total. The van der Waals surface area contributed by atoms with E-state index in [4.69, 9.17) is 14.6 Å². The van der Waals surface area contributed by atoms with Gasteiger partial charge in [-0.15, -0.1) is 0 Å². The Balaban J connectivity index is 1.84. The molecule has 17 heavy (non-hydrogen) atoms. The molecule has 1 fully saturated rings. The van der Waals surface area contributed by atoms with Crippen molar-refractivity contribution in [2.75, 3.05) is 31.7 Å². The van der Waals surface area contributed by atoms with Gasteiger partial charge in [0.05, 0.1) is 13.2 Å². The molecule has 1 saturated heterocycles. The lowest BCUT2D eigenvalue weighted by Gasteiger charge is -2.24. The third-order valence-electron chi connectivity index (χ3n) is 2.75. The number of aliphatic hydroxyl groups is 1. The molecule has 0 aromatic heterocycles. The lowest BCUT2D eigenvalue weighted by Crippen LogP contribution is -2.29. The van der Waals surface area contributed by atoms with Crippen molar-refractivity contribution in [3.8, 4) is 5.75 Å². The van der Waals surface area contributed by atoms with E-state index < -0.39 is 0 Å². The summed E-state index contributed by atoms with van der Waals surface area (Å²) in [6, 6.07) is 8.19. The van der Waals surface area contributed by atoms with Crippen LogP contribution >= 0.6 is 0 Å². The van der Waals surface area contributed by atoms with Crippen molar-refractivity contribution in [3.63, 3.8) is 0 Å². The lowest BCUT2D eigenvalue weighted by molar-refractivity contribution is 0.0876. The molecule has 0 spiro atoms. The van der Waals surface area contributed by atoms with E-state index in [2.05, 4.69) is 5.32 Å². The maximum atomic E-state index is 8.65. The van der Waals surface area contributed by atoms with Gasteiger partial charge in [0.2, 0.25) is 0 Å². The molecule has 4 heteroatoms. The molecule has 1 aliphatic heterocycles. The van der Waals surface area contributed by atoms with Gasteiger partial charge in [0.15, 0.2) is 0 Å². The summed E-state index contributed by atoms with van der Waals surface area (Å²) in [5.41, 5.74) is 1.08. The van der Waals surface area contributed by atoms with E-state index in [1.54, 1.807) is 0 Å². The molecule has 0 amide bonds. The van der Waals surface area contributed by atoms with E-state index in [0.29, 0.717) is 12.6 Å². The summed E-state index contributed by atoms with van der Waals surface area (Å²) < 4.78 is 10.7. The third kappa shape index (κ3) is 3.91. The molecular weight excluding hydrogens is 218 g/mol. The molecule has 0 bridgehead atoms. The molecular formula is C13H19NO3. The SMILES string of the molecule is OCCOc1ccc(NC2CCCOC2)cc1. The monoisotopic (exact) mass is 237 g/mol. The van der Waals surface area contributed by atoms with Gasteiger partial charge < -0.3 is 19.9 Å². The van der Waals surface area contributed by atoms with Crippen molar-refractivity contribution in [2.24, 2.45) is 0 Å². The van der Waals surface area contributed by atoms with Gasteiger partial charge >= 0.3 is 0 Å². The Hall–Kier alpha value is -1.26. The number of benzene rings is 1. The van der Waals surface area contributed by atoms with Gasteiger partial charge in [0.1, 0.15) is 12.4 Å². The fourth-order valence-corrected chi connectivity index (χ4v) is 1.90. The highest BCUT2D eigenvalue weighted by Gasteiger charge is 2.12. The largest absolute Gasteiger partial charge is 0.491 e. The maximum absolute atomic E-state index is 8.65. The molecule has 1 aromatic rings. The molecule has 1 aliphatic rings. The summed E-state index contributed by atoms with van der Waals surface area (Å²) in [6.07, 6.45) is 2.28. The zero-order valence-corrected chi connectivity index (χ0v) is 9.89. The van der Waals surface area contributed by atoms with E-state index in [1.165, 1.54) is 0 Å². The Morgan fingerprint density at radius 3 is 2.82 bits per heavy atom. The fraction of sp³-hybridized carbons (Fsp3) is 0.538. The molecule has 0 saturated carbocycles. The van der Waals surface area contributed by atoms with Crippen molar-refractivity contribution >= 4 is 5.69 Å². The normalized spacial score (nSPS) is 19.9. The quantitative estimate of drug-likeness (QED) is 0.817. The number of hydrogen-bond donors (Lipinski definition) is 2. The Morgan fingerprint density at radius 1 is 1.35 bits per heavy atom. The van der Waals surface area contributed by atoms with Gasteiger partial charge in [-0.25, -0.2) is 0 Å². The number of aliphatic hydroxyl groups excluding tert-OH is 1. The van der Waals surface area contributed by atoms with E-state index in [0.717, 1.165) is 37.5 Å². The Bertz CT molecular complexity index is 320. The predicted octanol–water partition coefficient (Wildman–Crippen LogP) is 1.65. The highest BCUT2D eigenvalue weighted by atomic mass is 16.5. The van der Waals surface area contributed by atoms with Crippen LogP contribution in [0.5, 0.6) is 5.75 Å². The van der Waals surface area contributed by atoms with Gasteiger partial charge in [-0.1, -0.05) is 0 Å². The molecule has 1 aromatic carbocycles. The van der Waals surface area contributed by atoms with Crippen LogP contribution in [-0.2, 0) is 4.74 Å². The second kappa shape index (κ2) is 6.47. The topological polar surface area (TPSA) is 50.7 Å².